The van der Waals surface area contributed by atoms with Crippen molar-refractivity contribution in [3.05, 3.63) is 39.7 Å². The van der Waals surface area contributed by atoms with E-state index in [-0.39, 0.29) is 11.4 Å². The molecular formula is C20H23NO6. The number of carbonyl (C=O) groups excluding carboxylic acids is 2. The Morgan fingerprint density at radius 3 is 2.59 bits per heavy atom. The summed E-state index contributed by atoms with van der Waals surface area (Å²) in [4.78, 5) is 36.0. The number of fused-ring (bicyclic) bond motifs is 3. The number of ether oxygens (including phenoxy) is 2. The highest BCUT2D eigenvalue weighted by Crippen LogP contribution is 2.29. The van der Waals surface area contributed by atoms with E-state index < -0.39 is 23.7 Å². The maximum Gasteiger partial charge on any atom is 0.408 e. The van der Waals surface area contributed by atoms with Gasteiger partial charge in [-0.3, -0.25) is 0 Å². The molecule has 7 nitrogen and oxygen atoms in total. The van der Waals surface area contributed by atoms with Crippen molar-refractivity contribution >= 4 is 23.0 Å². The van der Waals surface area contributed by atoms with Crippen LogP contribution in [0.3, 0.4) is 0 Å². The average Bonchev–Trinajstić information content (AvgIpc) is 3.03. The average molecular weight is 373 g/mol. The van der Waals surface area contributed by atoms with E-state index in [2.05, 4.69) is 5.32 Å². The fourth-order valence-corrected chi connectivity index (χ4v) is 3.08. The second-order valence-corrected chi connectivity index (χ2v) is 7.65. The molecule has 1 amide bonds. The number of aryl methyl sites for hydroxylation is 1. The first-order valence-corrected chi connectivity index (χ1v) is 8.94. The van der Waals surface area contributed by atoms with E-state index in [9.17, 15) is 14.4 Å². The Morgan fingerprint density at radius 1 is 1.19 bits per heavy atom. The van der Waals surface area contributed by atoms with E-state index in [0.717, 1.165) is 35.8 Å². The molecule has 1 unspecified atom stereocenters. The summed E-state index contributed by atoms with van der Waals surface area (Å²) in [6.45, 7) is 6.69. The van der Waals surface area contributed by atoms with Crippen molar-refractivity contribution in [2.75, 3.05) is 0 Å². The van der Waals surface area contributed by atoms with E-state index in [0.29, 0.717) is 5.58 Å². The molecule has 0 bridgehead atoms. The van der Waals surface area contributed by atoms with Crippen LogP contribution in [-0.2, 0) is 22.4 Å². The first kappa shape index (κ1) is 18.9. The lowest BCUT2D eigenvalue weighted by atomic mass is 10.1. The van der Waals surface area contributed by atoms with Gasteiger partial charge in [0.25, 0.3) is 0 Å². The number of amides is 1. The summed E-state index contributed by atoms with van der Waals surface area (Å²) in [6, 6.07) is 4.06. The van der Waals surface area contributed by atoms with Gasteiger partial charge in [0, 0.05) is 17.0 Å². The van der Waals surface area contributed by atoms with Gasteiger partial charge in [0.1, 0.15) is 23.0 Å². The predicted octanol–water partition coefficient (Wildman–Crippen LogP) is 3.10. The SMILES string of the molecule is CC(NC(=O)OC(C)(C)C)C(=O)Oc1ccc2c3c(c(=O)oc2c1)CCC3. The van der Waals surface area contributed by atoms with Gasteiger partial charge in [0.15, 0.2) is 0 Å². The highest BCUT2D eigenvalue weighted by Gasteiger charge is 2.23. The third kappa shape index (κ3) is 4.30. The molecule has 27 heavy (non-hydrogen) atoms. The minimum absolute atomic E-state index is 0.242. The van der Waals surface area contributed by atoms with Crippen molar-refractivity contribution < 1.29 is 23.5 Å². The number of benzene rings is 1. The van der Waals surface area contributed by atoms with Crippen LogP contribution in [-0.4, -0.2) is 23.7 Å². The second kappa shape index (κ2) is 7.06. The minimum Gasteiger partial charge on any atom is -0.444 e. The van der Waals surface area contributed by atoms with Crippen molar-refractivity contribution in [1.82, 2.24) is 5.32 Å². The van der Waals surface area contributed by atoms with Crippen LogP contribution >= 0.6 is 0 Å². The summed E-state index contributed by atoms with van der Waals surface area (Å²) < 4.78 is 15.8. The van der Waals surface area contributed by atoms with Gasteiger partial charge in [-0.05, 0) is 64.7 Å². The van der Waals surface area contributed by atoms with Crippen LogP contribution in [0.2, 0.25) is 0 Å². The Hall–Kier alpha value is -2.83. The zero-order chi connectivity index (χ0) is 19.8. The zero-order valence-electron chi connectivity index (χ0n) is 15.9. The lowest BCUT2D eigenvalue weighted by Gasteiger charge is -2.21. The van der Waals surface area contributed by atoms with Crippen LogP contribution in [0, 0.1) is 0 Å². The Bertz CT molecular complexity index is 953. The largest absolute Gasteiger partial charge is 0.444 e. The van der Waals surface area contributed by atoms with Crippen molar-refractivity contribution in [3.8, 4) is 5.75 Å². The van der Waals surface area contributed by atoms with Crippen LogP contribution in [0.5, 0.6) is 5.75 Å². The van der Waals surface area contributed by atoms with E-state index >= 15 is 0 Å². The maximum absolute atomic E-state index is 12.2. The first-order valence-electron chi connectivity index (χ1n) is 8.94. The number of esters is 1. The summed E-state index contributed by atoms with van der Waals surface area (Å²) in [5, 5.41) is 3.29. The topological polar surface area (TPSA) is 94.8 Å². The lowest BCUT2D eigenvalue weighted by Crippen LogP contribution is -2.43. The van der Waals surface area contributed by atoms with E-state index in [4.69, 9.17) is 13.9 Å². The van der Waals surface area contributed by atoms with Crippen LogP contribution in [0.15, 0.2) is 27.4 Å². The number of hydrogen-bond donors (Lipinski definition) is 1. The Morgan fingerprint density at radius 2 is 1.89 bits per heavy atom. The van der Waals surface area contributed by atoms with Gasteiger partial charge < -0.3 is 19.2 Å². The Labute approximate surface area is 156 Å². The highest BCUT2D eigenvalue weighted by atomic mass is 16.6. The molecule has 0 spiro atoms. The molecule has 2 aromatic rings. The molecule has 7 heteroatoms. The quantitative estimate of drug-likeness (QED) is 0.505. The number of hydrogen-bond acceptors (Lipinski definition) is 6. The minimum atomic E-state index is -0.900. The van der Waals surface area contributed by atoms with Gasteiger partial charge in [-0.25, -0.2) is 14.4 Å². The Balaban J connectivity index is 1.73. The molecule has 3 rings (SSSR count). The smallest absolute Gasteiger partial charge is 0.408 e. The second-order valence-electron chi connectivity index (χ2n) is 7.65. The zero-order valence-corrected chi connectivity index (χ0v) is 15.9. The molecule has 0 saturated carbocycles. The van der Waals surface area contributed by atoms with Crippen LogP contribution in [0.4, 0.5) is 4.79 Å². The molecule has 1 N–H and O–H groups in total. The summed E-state index contributed by atoms with van der Waals surface area (Å²) >= 11 is 0. The van der Waals surface area contributed by atoms with E-state index in [1.807, 2.05) is 0 Å². The molecule has 0 fully saturated rings. The number of carbonyl (C=O) groups is 2. The normalized spacial score (nSPS) is 14.5. The molecule has 1 atom stereocenters. The molecule has 1 aliphatic rings. The summed E-state index contributed by atoms with van der Waals surface area (Å²) in [6.07, 6.45) is 1.81. The van der Waals surface area contributed by atoms with Gasteiger partial charge in [0.2, 0.25) is 0 Å². The third-order valence-corrected chi connectivity index (χ3v) is 4.25. The Kier molecular flexibility index (Phi) is 4.95. The number of rotatable bonds is 3. The van der Waals surface area contributed by atoms with Crippen molar-refractivity contribution in [2.24, 2.45) is 0 Å². The number of nitrogens with one attached hydrogen (secondary N) is 1. The molecule has 1 heterocycles. The van der Waals surface area contributed by atoms with Gasteiger partial charge >= 0.3 is 17.7 Å². The van der Waals surface area contributed by atoms with Gasteiger partial charge in [-0.1, -0.05) is 0 Å². The summed E-state index contributed by atoms with van der Waals surface area (Å²) in [5.74, 6) is -0.407. The van der Waals surface area contributed by atoms with Crippen LogP contribution in [0.25, 0.3) is 11.0 Å². The molecule has 0 saturated heterocycles. The molecule has 0 aliphatic heterocycles. The van der Waals surface area contributed by atoms with Crippen LogP contribution in [0.1, 0.15) is 45.2 Å². The fraction of sp³-hybridized carbons (Fsp3) is 0.450. The van der Waals surface area contributed by atoms with E-state index in [1.54, 1.807) is 32.9 Å². The molecule has 1 aliphatic carbocycles. The molecule has 1 aromatic heterocycles. The monoisotopic (exact) mass is 373 g/mol. The number of alkyl carbamates (subject to hydrolysis) is 1. The maximum atomic E-state index is 12.2. The first-order chi connectivity index (χ1) is 12.6. The third-order valence-electron chi connectivity index (χ3n) is 4.25. The van der Waals surface area contributed by atoms with Gasteiger partial charge in [-0.2, -0.15) is 0 Å². The fourth-order valence-electron chi connectivity index (χ4n) is 3.08. The van der Waals surface area contributed by atoms with Crippen LogP contribution < -0.4 is 15.7 Å². The van der Waals surface area contributed by atoms with Crippen molar-refractivity contribution in [2.45, 2.75) is 58.6 Å². The standard InChI is InChI=1S/C20H23NO6/c1-11(21-19(24)27-20(2,3)4)17(22)25-12-8-9-14-13-6-5-7-15(13)18(23)26-16(14)10-12/h8-11H,5-7H2,1-4H3,(H,21,24). The lowest BCUT2D eigenvalue weighted by molar-refractivity contribution is -0.136. The van der Waals surface area contributed by atoms with Crippen molar-refractivity contribution in [1.29, 1.82) is 0 Å². The highest BCUT2D eigenvalue weighted by molar-refractivity contribution is 5.86. The predicted molar refractivity (Wildman–Crippen MR) is 99.0 cm³/mol. The molecular weight excluding hydrogens is 350 g/mol. The summed E-state index contributed by atoms with van der Waals surface area (Å²) in [7, 11) is 0. The molecule has 144 valence electrons. The molecule has 0 radical (unpaired) electrons. The summed E-state index contributed by atoms with van der Waals surface area (Å²) in [5.41, 5.74) is 1.14. The van der Waals surface area contributed by atoms with E-state index in [1.165, 1.54) is 13.0 Å². The van der Waals surface area contributed by atoms with Gasteiger partial charge in [-0.15, -0.1) is 0 Å². The molecule has 1 aromatic carbocycles. The van der Waals surface area contributed by atoms with Gasteiger partial charge in [0.05, 0.1) is 0 Å². The van der Waals surface area contributed by atoms with Crippen molar-refractivity contribution in [3.63, 3.8) is 0 Å².